The Morgan fingerprint density at radius 1 is 1.56 bits per heavy atom. The topological polar surface area (TPSA) is 95.4 Å². The molecule has 0 saturated heterocycles. The summed E-state index contributed by atoms with van der Waals surface area (Å²) in [5.41, 5.74) is 9.50. The maximum absolute atomic E-state index is 10.3. The van der Waals surface area contributed by atoms with E-state index in [2.05, 4.69) is 10.5 Å². The largest absolute Gasteiger partial charge is 0.412 e. The van der Waals surface area contributed by atoms with Gasteiger partial charge in [0.15, 0.2) is 0 Å². The predicted molar refractivity (Wildman–Crippen MR) is 29.3 cm³/mol. The van der Waals surface area contributed by atoms with Crippen LogP contribution in [0.25, 0.3) is 0 Å². The number of ether oxygens (including phenoxy) is 1. The lowest BCUT2D eigenvalue weighted by atomic mass is 10.4. The molecule has 5 heteroatoms. The van der Waals surface area contributed by atoms with Gasteiger partial charge in [0.2, 0.25) is 0 Å². The minimum atomic E-state index is -1.13. The minimum absolute atomic E-state index is 0.808. The summed E-state index contributed by atoms with van der Waals surface area (Å²) in [4.78, 5) is 20.1. The fourth-order valence-electron chi connectivity index (χ4n) is 0.192. The third kappa shape index (κ3) is 3.48. The lowest BCUT2D eigenvalue weighted by Crippen LogP contribution is -2.32. The van der Waals surface area contributed by atoms with Gasteiger partial charge in [-0.1, -0.05) is 0 Å². The van der Waals surface area contributed by atoms with Crippen molar-refractivity contribution in [1.82, 2.24) is 0 Å². The van der Waals surface area contributed by atoms with E-state index in [9.17, 15) is 9.59 Å². The summed E-state index contributed by atoms with van der Waals surface area (Å²) in [7, 11) is 0. The Morgan fingerprint density at radius 2 is 2.00 bits per heavy atom. The van der Waals surface area contributed by atoms with Gasteiger partial charge in [0.25, 0.3) is 0 Å². The lowest BCUT2D eigenvalue weighted by Gasteiger charge is -2.00. The molecule has 1 atom stereocenters. The van der Waals surface area contributed by atoms with Gasteiger partial charge in [-0.25, -0.2) is 9.59 Å². The van der Waals surface area contributed by atoms with Gasteiger partial charge in [-0.15, -0.1) is 0 Å². The molecule has 0 aromatic heterocycles. The number of nitrogens with two attached hydrogens (primary N) is 2. The zero-order valence-electron chi connectivity index (χ0n) is 4.96. The van der Waals surface area contributed by atoms with E-state index in [1.54, 1.807) is 0 Å². The van der Waals surface area contributed by atoms with E-state index in [1.807, 2.05) is 0 Å². The van der Waals surface area contributed by atoms with Crippen molar-refractivity contribution in [1.29, 1.82) is 0 Å². The zero-order valence-corrected chi connectivity index (χ0v) is 4.96. The average Bonchev–Trinajstić information content (AvgIpc) is 1.63. The van der Waals surface area contributed by atoms with Crippen LogP contribution in [0.4, 0.5) is 4.79 Å². The Bertz CT molecular complexity index is 132. The number of hydrogen-bond acceptors (Lipinski definition) is 4. The fraction of sp³-hybridized carbons (Fsp3) is 0.500. The van der Waals surface area contributed by atoms with Gasteiger partial charge >= 0.3 is 12.1 Å². The molecule has 0 aliphatic heterocycles. The van der Waals surface area contributed by atoms with Crippen molar-refractivity contribution in [2.75, 3.05) is 0 Å². The summed E-state index contributed by atoms with van der Waals surface area (Å²) >= 11 is 0. The molecular formula is C4H8N2O3. The first-order chi connectivity index (χ1) is 4.04. The standard InChI is InChI=1S/C4H8N2O3/c1-2(5)3(7)9-4(6)8/h2H,5H2,1H3,(H2,6,8)/t2-/m0/s1. The number of hydrogen-bond donors (Lipinski definition) is 2. The van der Waals surface area contributed by atoms with E-state index < -0.39 is 18.1 Å². The highest BCUT2D eigenvalue weighted by Gasteiger charge is 2.10. The van der Waals surface area contributed by atoms with Crippen molar-refractivity contribution in [3.05, 3.63) is 0 Å². The third-order valence-corrected chi connectivity index (χ3v) is 0.573. The summed E-state index contributed by atoms with van der Waals surface area (Å²) in [6, 6.07) is -0.808. The van der Waals surface area contributed by atoms with Crippen LogP contribution in [0.15, 0.2) is 0 Å². The van der Waals surface area contributed by atoms with Crippen LogP contribution in [-0.2, 0) is 9.53 Å². The molecule has 5 nitrogen and oxygen atoms in total. The molecule has 0 unspecified atom stereocenters. The SMILES string of the molecule is C[C@H](N)C(=O)OC(N)=O. The maximum atomic E-state index is 10.3. The van der Waals surface area contributed by atoms with Gasteiger partial charge in [-0.05, 0) is 6.92 Å². The predicted octanol–water partition coefficient (Wildman–Crippen LogP) is -1.04. The van der Waals surface area contributed by atoms with Crippen LogP contribution in [0.5, 0.6) is 0 Å². The van der Waals surface area contributed by atoms with E-state index >= 15 is 0 Å². The third-order valence-electron chi connectivity index (χ3n) is 0.573. The van der Waals surface area contributed by atoms with Gasteiger partial charge in [0.1, 0.15) is 6.04 Å². The highest BCUT2D eigenvalue weighted by atomic mass is 16.6. The molecule has 0 fully saturated rings. The van der Waals surface area contributed by atoms with Crippen LogP contribution in [-0.4, -0.2) is 18.1 Å². The van der Waals surface area contributed by atoms with Crippen molar-refractivity contribution in [2.45, 2.75) is 13.0 Å². The van der Waals surface area contributed by atoms with E-state index in [0.717, 1.165) is 0 Å². The molecule has 0 bridgehead atoms. The monoisotopic (exact) mass is 132 g/mol. The van der Waals surface area contributed by atoms with Gasteiger partial charge < -0.3 is 16.2 Å². The molecule has 0 spiro atoms. The second-order valence-corrected chi connectivity index (χ2v) is 1.53. The molecule has 0 aromatic rings. The molecule has 1 amide bonds. The van der Waals surface area contributed by atoms with Crippen molar-refractivity contribution >= 4 is 12.1 Å². The van der Waals surface area contributed by atoms with E-state index in [-0.39, 0.29) is 0 Å². The van der Waals surface area contributed by atoms with Gasteiger partial charge in [0.05, 0.1) is 0 Å². The molecule has 0 rings (SSSR count). The fourth-order valence-corrected chi connectivity index (χ4v) is 0.192. The van der Waals surface area contributed by atoms with Crippen LogP contribution < -0.4 is 11.5 Å². The van der Waals surface area contributed by atoms with Crippen molar-refractivity contribution in [3.8, 4) is 0 Å². The van der Waals surface area contributed by atoms with E-state index in [4.69, 9.17) is 5.73 Å². The van der Waals surface area contributed by atoms with Crippen molar-refractivity contribution < 1.29 is 14.3 Å². The number of carbonyl (C=O) groups is 2. The molecule has 0 aliphatic rings. The van der Waals surface area contributed by atoms with Crippen LogP contribution >= 0.6 is 0 Å². The van der Waals surface area contributed by atoms with Crippen molar-refractivity contribution in [2.24, 2.45) is 11.5 Å². The Hall–Kier alpha value is -1.10. The molecule has 0 radical (unpaired) electrons. The molecule has 0 aromatic carbocycles. The van der Waals surface area contributed by atoms with Crippen molar-refractivity contribution in [3.63, 3.8) is 0 Å². The molecule has 52 valence electrons. The Labute approximate surface area is 52.0 Å². The first-order valence-electron chi connectivity index (χ1n) is 2.30. The van der Waals surface area contributed by atoms with Gasteiger partial charge in [-0.3, -0.25) is 0 Å². The Kier molecular flexibility index (Phi) is 2.66. The maximum Gasteiger partial charge on any atom is 0.412 e. The molecule has 9 heavy (non-hydrogen) atoms. The lowest BCUT2D eigenvalue weighted by molar-refractivity contribution is -0.138. The number of carbonyl (C=O) groups excluding carboxylic acids is 2. The number of primary amides is 1. The summed E-state index contributed by atoms with van der Waals surface area (Å²) in [5, 5.41) is 0. The second kappa shape index (κ2) is 3.03. The van der Waals surface area contributed by atoms with E-state index in [1.165, 1.54) is 6.92 Å². The first kappa shape index (κ1) is 7.90. The smallest absolute Gasteiger partial charge is 0.375 e. The average molecular weight is 132 g/mol. The highest BCUT2D eigenvalue weighted by Crippen LogP contribution is 1.81. The number of amides is 1. The number of rotatable bonds is 1. The molecule has 0 aliphatic carbocycles. The summed E-state index contributed by atoms with van der Waals surface area (Å²) in [6.45, 7) is 1.39. The summed E-state index contributed by atoms with van der Waals surface area (Å²) in [6.07, 6.45) is -1.13. The second-order valence-electron chi connectivity index (χ2n) is 1.53. The zero-order chi connectivity index (χ0) is 7.44. The summed E-state index contributed by atoms with van der Waals surface area (Å²) < 4.78 is 3.89. The summed E-state index contributed by atoms with van der Waals surface area (Å²) in [5.74, 6) is -0.817. The molecule has 0 saturated carbocycles. The normalized spacial score (nSPS) is 12.2. The number of esters is 1. The van der Waals surface area contributed by atoms with Crippen LogP contribution in [0.1, 0.15) is 6.92 Å². The van der Waals surface area contributed by atoms with Crippen LogP contribution in [0.3, 0.4) is 0 Å². The van der Waals surface area contributed by atoms with Gasteiger partial charge in [-0.2, -0.15) is 0 Å². The first-order valence-corrected chi connectivity index (χ1v) is 2.30. The highest BCUT2D eigenvalue weighted by molar-refractivity contribution is 5.86. The van der Waals surface area contributed by atoms with Crippen LogP contribution in [0.2, 0.25) is 0 Å². The van der Waals surface area contributed by atoms with Crippen LogP contribution in [0, 0.1) is 0 Å². The van der Waals surface area contributed by atoms with E-state index in [0.29, 0.717) is 0 Å². The Balaban J connectivity index is 3.64. The molecular weight excluding hydrogens is 124 g/mol. The quantitative estimate of drug-likeness (QED) is 0.351. The van der Waals surface area contributed by atoms with Gasteiger partial charge in [0, 0.05) is 0 Å². The minimum Gasteiger partial charge on any atom is -0.375 e. The molecule has 4 N–H and O–H groups in total. The molecule has 0 heterocycles. The Morgan fingerprint density at radius 3 is 2.11 bits per heavy atom.